The highest BCUT2D eigenvalue weighted by atomic mass is 32.2. The fourth-order valence-corrected chi connectivity index (χ4v) is 3.38. The van der Waals surface area contributed by atoms with Crippen molar-refractivity contribution in [1.82, 2.24) is 4.98 Å². The molecule has 1 saturated carbocycles. The summed E-state index contributed by atoms with van der Waals surface area (Å²) in [5.74, 6) is 5.49. The molecule has 7 heteroatoms. The largest absolute Gasteiger partial charge is 0.320 e. The minimum absolute atomic E-state index is 0.241. The number of sulfonamides is 1. The molecule has 0 atom stereocenters. The summed E-state index contributed by atoms with van der Waals surface area (Å²) in [4.78, 5) is 4.66. The van der Waals surface area contributed by atoms with Crippen LogP contribution in [-0.2, 0) is 10.0 Å². The minimum Gasteiger partial charge on any atom is -0.320 e. The maximum Gasteiger partial charge on any atom is 0.237 e. The number of nitrogens with two attached hydrogens (primary N) is 1. The molecule has 1 aliphatic carbocycles. The molecular formula is C9H11N3O2S2. The summed E-state index contributed by atoms with van der Waals surface area (Å²) in [6.07, 6.45) is 3.01. The van der Waals surface area contributed by atoms with E-state index in [9.17, 15) is 8.42 Å². The predicted octanol–water partition coefficient (Wildman–Crippen LogP) is 0.357. The van der Waals surface area contributed by atoms with Gasteiger partial charge in [0.2, 0.25) is 10.0 Å². The molecule has 0 radical (unpaired) electrons. The molecule has 1 fully saturated rings. The smallest absolute Gasteiger partial charge is 0.237 e. The Hall–Kier alpha value is -1.10. The second-order valence-electron chi connectivity index (χ2n) is 3.38. The summed E-state index contributed by atoms with van der Waals surface area (Å²) in [6, 6.07) is 0. The predicted molar refractivity (Wildman–Crippen MR) is 63.6 cm³/mol. The van der Waals surface area contributed by atoms with Crippen molar-refractivity contribution in [2.24, 2.45) is 5.73 Å². The molecule has 3 N–H and O–H groups in total. The first-order valence-electron chi connectivity index (χ1n) is 4.78. The van der Waals surface area contributed by atoms with E-state index in [-0.39, 0.29) is 11.8 Å². The lowest BCUT2D eigenvalue weighted by Gasteiger charge is -2.01. The quantitative estimate of drug-likeness (QED) is 0.766. The molecule has 1 heterocycles. The maximum atomic E-state index is 11.6. The van der Waals surface area contributed by atoms with Crippen molar-refractivity contribution in [2.45, 2.75) is 18.1 Å². The number of thiazole rings is 1. The van der Waals surface area contributed by atoms with E-state index in [0.717, 1.165) is 12.8 Å². The molecule has 1 aromatic rings. The molecule has 0 saturated heterocycles. The van der Waals surface area contributed by atoms with Crippen molar-refractivity contribution < 1.29 is 8.42 Å². The van der Waals surface area contributed by atoms with Crippen molar-refractivity contribution in [2.75, 3.05) is 11.3 Å². The number of hydrogen-bond acceptors (Lipinski definition) is 5. The van der Waals surface area contributed by atoms with Crippen LogP contribution in [0.3, 0.4) is 0 Å². The Morgan fingerprint density at radius 1 is 1.62 bits per heavy atom. The van der Waals surface area contributed by atoms with Crippen LogP contribution in [0.4, 0.5) is 5.13 Å². The molecule has 16 heavy (non-hydrogen) atoms. The van der Waals surface area contributed by atoms with Gasteiger partial charge in [0.25, 0.3) is 0 Å². The van der Waals surface area contributed by atoms with Gasteiger partial charge in [0.15, 0.2) is 5.13 Å². The van der Waals surface area contributed by atoms with Crippen LogP contribution in [0.5, 0.6) is 0 Å². The van der Waals surface area contributed by atoms with E-state index in [1.165, 1.54) is 17.5 Å². The highest BCUT2D eigenvalue weighted by molar-refractivity contribution is 7.93. The Morgan fingerprint density at radius 3 is 3.00 bits per heavy atom. The first-order chi connectivity index (χ1) is 7.62. The van der Waals surface area contributed by atoms with Gasteiger partial charge in [0.1, 0.15) is 0 Å². The summed E-state index contributed by atoms with van der Waals surface area (Å²) in [5, 5.41) is 0.128. The summed E-state index contributed by atoms with van der Waals surface area (Å²) in [5.41, 5.74) is 5.23. The second-order valence-corrected chi connectivity index (χ2v) is 6.37. The van der Waals surface area contributed by atoms with Crippen LogP contribution < -0.4 is 10.5 Å². The zero-order valence-corrected chi connectivity index (χ0v) is 10.1. The highest BCUT2D eigenvalue weighted by Gasteiger charge is 2.36. The van der Waals surface area contributed by atoms with Gasteiger partial charge < -0.3 is 5.73 Å². The van der Waals surface area contributed by atoms with Crippen LogP contribution in [-0.4, -0.2) is 25.2 Å². The third-order valence-corrected chi connectivity index (χ3v) is 4.80. The van der Waals surface area contributed by atoms with E-state index in [0.29, 0.717) is 10.0 Å². The third-order valence-electron chi connectivity index (χ3n) is 2.01. The van der Waals surface area contributed by atoms with Crippen molar-refractivity contribution in [3.8, 4) is 11.8 Å². The Kier molecular flexibility index (Phi) is 3.14. The molecule has 1 aromatic heterocycles. The van der Waals surface area contributed by atoms with Crippen molar-refractivity contribution in [1.29, 1.82) is 0 Å². The van der Waals surface area contributed by atoms with Gasteiger partial charge in [-0.15, -0.1) is 0 Å². The van der Waals surface area contributed by atoms with E-state index in [1.54, 1.807) is 0 Å². The van der Waals surface area contributed by atoms with E-state index in [1.807, 2.05) is 0 Å². The number of aromatic nitrogens is 1. The summed E-state index contributed by atoms with van der Waals surface area (Å²) < 4.78 is 25.6. The van der Waals surface area contributed by atoms with Gasteiger partial charge in [-0.05, 0) is 12.8 Å². The lowest BCUT2D eigenvalue weighted by molar-refractivity contribution is 0.600. The van der Waals surface area contributed by atoms with Gasteiger partial charge in [-0.3, -0.25) is 4.72 Å². The lowest BCUT2D eigenvalue weighted by atomic mass is 10.5. The van der Waals surface area contributed by atoms with Crippen LogP contribution in [0, 0.1) is 11.8 Å². The first-order valence-corrected chi connectivity index (χ1v) is 7.14. The van der Waals surface area contributed by atoms with E-state index >= 15 is 0 Å². The molecule has 2 rings (SSSR count). The molecule has 0 aliphatic heterocycles. The molecule has 0 bridgehead atoms. The van der Waals surface area contributed by atoms with Crippen LogP contribution in [0.25, 0.3) is 0 Å². The Bertz CT molecular complexity index is 535. The van der Waals surface area contributed by atoms with Crippen molar-refractivity contribution in [3.63, 3.8) is 0 Å². The SMILES string of the molecule is NCC#Cc1cnc(NS(=O)(=O)C2CC2)s1. The molecule has 1 aliphatic rings. The topological polar surface area (TPSA) is 85.1 Å². The fourth-order valence-electron chi connectivity index (χ4n) is 1.10. The molecule has 0 unspecified atom stereocenters. The average Bonchev–Trinajstić information content (AvgIpc) is 3.00. The maximum absolute atomic E-state index is 11.6. The van der Waals surface area contributed by atoms with E-state index in [2.05, 4.69) is 21.5 Å². The van der Waals surface area contributed by atoms with Gasteiger partial charge in [-0.2, -0.15) is 0 Å². The number of nitrogens with one attached hydrogen (secondary N) is 1. The monoisotopic (exact) mass is 257 g/mol. The Morgan fingerprint density at radius 2 is 2.38 bits per heavy atom. The van der Waals surface area contributed by atoms with Crippen LogP contribution in [0.15, 0.2) is 6.20 Å². The summed E-state index contributed by atoms with van der Waals surface area (Å²) in [7, 11) is -3.22. The number of anilines is 1. The molecule has 0 amide bonds. The van der Waals surface area contributed by atoms with E-state index in [4.69, 9.17) is 5.73 Å². The molecule has 86 valence electrons. The number of hydrogen-bond donors (Lipinski definition) is 2. The van der Waals surface area contributed by atoms with Crippen molar-refractivity contribution >= 4 is 26.5 Å². The van der Waals surface area contributed by atoms with Gasteiger partial charge in [-0.1, -0.05) is 23.2 Å². The second kappa shape index (κ2) is 4.41. The van der Waals surface area contributed by atoms with Gasteiger partial charge in [0.05, 0.1) is 22.9 Å². The molecule has 0 spiro atoms. The standard InChI is InChI=1S/C9H11N3O2S2/c10-5-1-2-7-6-11-9(15-7)12-16(13,14)8-3-4-8/h6,8H,3-5,10H2,(H,11,12). The van der Waals surface area contributed by atoms with Crippen LogP contribution >= 0.6 is 11.3 Å². The van der Waals surface area contributed by atoms with Crippen LogP contribution in [0.2, 0.25) is 0 Å². The first kappa shape index (κ1) is 11.4. The van der Waals surface area contributed by atoms with Gasteiger partial charge in [0, 0.05) is 0 Å². The van der Waals surface area contributed by atoms with E-state index < -0.39 is 10.0 Å². The average molecular weight is 257 g/mol. The van der Waals surface area contributed by atoms with Crippen LogP contribution in [0.1, 0.15) is 17.7 Å². The summed E-state index contributed by atoms with van der Waals surface area (Å²) in [6.45, 7) is 0.279. The summed E-state index contributed by atoms with van der Waals surface area (Å²) >= 11 is 1.21. The number of rotatable bonds is 3. The third kappa shape index (κ3) is 2.72. The lowest BCUT2D eigenvalue weighted by Crippen LogP contribution is -2.16. The van der Waals surface area contributed by atoms with Crippen molar-refractivity contribution in [3.05, 3.63) is 11.1 Å². The molecule has 5 nitrogen and oxygen atoms in total. The van der Waals surface area contributed by atoms with Gasteiger partial charge >= 0.3 is 0 Å². The fraction of sp³-hybridized carbons (Fsp3) is 0.444. The zero-order chi connectivity index (χ0) is 11.6. The normalized spacial score (nSPS) is 15.3. The minimum atomic E-state index is -3.22. The molecular weight excluding hydrogens is 246 g/mol. The zero-order valence-electron chi connectivity index (χ0n) is 8.43. The Balaban J connectivity index is 2.08. The van der Waals surface area contributed by atoms with Gasteiger partial charge in [-0.25, -0.2) is 13.4 Å². The Labute approximate surface area is 98.1 Å². The number of nitrogens with zero attached hydrogens (tertiary/aromatic N) is 1. The highest BCUT2D eigenvalue weighted by Crippen LogP contribution is 2.30. The molecule has 0 aromatic carbocycles.